The summed E-state index contributed by atoms with van der Waals surface area (Å²) in [5, 5.41) is 31.9. The van der Waals surface area contributed by atoms with Crippen LogP contribution in [-0.4, -0.2) is 121 Å². The monoisotopic (exact) mass is 816 g/mol. The zero-order chi connectivity index (χ0) is 38.8. The van der Waals surface area contributed by atoms with Crippen LogP contribution in [0.3, 0.4) is 0 Å². The lowest BCUT2D eigenvalue weighted by Gasteiger charge is -2.21. The second kappa shape index (κ2) is 14.4. The Balaban J connectivity index is 1.06. The van der Waals surface area contributed by atoms with Crippen LogP contribution in [0.2, 0.25) is 0 Å². The van der Waals surface area contributed by atoms with Crippen LogP contribution in [0.5, 0.6) is 0 Å². The summed E-state index contributed by atoms with van der Waals surface area (Å²) in [4.78, 5) is 71.8. The quantitative estimate of drug-likeness (QED) is 0.0475. The maximum atomic E-state index is 12.6. The second-order valence-corrected chi connectivity index (χ2v) is 16.3. The smallest absolute Gasteiger partial charge is 0.387 e. The van der Waals surface area contributed by atoms with E-state index >= 15 is 0 Å². The summed E-state index contributed by atoms with van der Waals surface area (Å²) in [5.74, 6) is -0.0350. The molecule has 2 aliphatic rings. The van der Waals surface area contributed by atoms with E-state index in [9.17, 15) is 53.3 Å². The normalized spacial score (nSPS) is 29.8. The van der Waals surface area contributed by atoms with E-state index in [1.807, 2.05) is 0 Å². The molecule has 4 aromatic rings. The third-order valence-corrected chi connectivity index (χ3v) is 12.3. The van der Waals surface area contributed by atoms with Gasteiger partial charge in [-0.25, -0.2) is 28.2 Å². The van der Waals surface area contributed by atoms with Gasteiger partial charge < -0.3 is 54.9 Å². The Labute approximate surface area is 294 Å². The van der Waals surface area contributed by atoms with E-state index in [0.717, 1.165) is 4.57 Å². The first-order valence-corrected chi connectivity index (χ1v) is 19.5. The van der Waals surface area contributed by atoms with Crippen molar-refractivity contribution in [1.29, 1.82) is 0 Å². The molecule has 53 heavy (non-hydrogen) atoms. The summed E-state index contributed by atoms with van der Waals surface area (Å²) in [5.41, 5.74) is 4.41. The Bertz CT molecular complexity index is 2300. The van der Waals surface area contributed by atoms with E-state index in [1.54, 1.807) is 0 Å². The number of fused-ring (bicyclic) bond motifs is 2. The number of phosphoric ester groups is 2. The lowest BCUT2D eigenvalue weighted by molar-refractivity contribution is -0.745. The van der Waals surface area contributed by atoms with Gasteiger partial charge in [0.05, 0.1) is 26.6 Å². The fourth-order valence-electron chi connectivity index (χ4n) is 5.77. The van der Waals surface area contributed by atoms with E-state index in [2.05, 4.69) is 38.1 Å². The van der Waals surface area contributed by atoms with Gasteiger partial charge in [-0.05, 0) is 6.92 Å². The topological polar surface area (TPSA) is 381 Å². The Morgan fingerprint density at radius 1 is 0.925 bits per heavy atom. The summed E-state index contributed by atoms with van der Waals surface area (Å²) in [6.45, 7) is -0.532. The fraction of sp³-hybridized carbons (Fsp3) is 0.565. The molecule has 6 heterocycles. The summed E-state index contributed by atoms with van der Waals surface area (Å²) in [6.07, 6.45) is -9.47. The number of nitrogen functional groups attached to an aromatic ring is 1. The van der Waals surface area contributed by atoms with Crippen molar-refractivity contribution >= 4 is 51.7 Å². The number of aromatic nitrogens is 8. The molecule has 2 saturated heterocycles. The molecule has 0 aromatic carbocycles. The zero-order valence-corrected chi connectivity index (χ0v) is 30.1. The third-order valence-electron chi connectivity index (χ3n) is 8.03. The van der Waals surface area contributed by atoms with Gasteiger partial charge in [-0.1, -0.05) is 4.98 Å². The Morgan fingerprint density at radius 3 is 2.17 bits per heavy atom. The first-order chi connectivity index (χ1) is 24.7. The lowest BCUT2D eigenvalue weighted by Crippen LogP contribution is -2.46. The molecule has 0 bridgehead atoms. The number of aryl methyl sites for hydroxylation is 2. The van der Waals surface area contributed by atoms with Crippen LogP contribution in [-0.2, 0) is 52.6 Å². The molecule has 4 aromatic heterocycles. The number of nitrogens with zero attached hydrogens (tertiary/aromatic N) is 6. The first kappa shape index (κ1) is 39.4. The standard InChI is InChI=1S/C23H32N9O18P3/c1-8-26-17-11(19(36)27-8)25-6-31(17)22-16(44-3)14(34)10(48-22)5-46-52(40,41)50-53(42,43)49-51(38,39)45-4-9-13(33)15(35)21(47-9)32-7-30(2)12-18(32)28-23(24)29-20(12)37/h6-7,9-10,13-16,21-22,33-35H,4-5H2,1-3H3,(H6-,24,26,27,28,29,36,37,38,39,40,41,42,43)/p+1/t9-,10-,13?,14?,15+,16+,21-,22-/m1/s1. The van der Waals surface area contributed by atoms with Crippen molar-refractivity contribution in [1.82, 2.24) is 34.1 Å². The van der Waals surface area contributed by atoms with E-state index in [4.69, 9.17) is 24.5 Å². The van der Waals surface area contributed by atoms with Gasteiger partial charge >= 0.3 is 29.1 Å². The number of hydrogen-bond donors (Lipinski definition) is 9. The van der Waals surface area contributed by atoms with Crippen molar-refractivity contribution in [3.8, 4) is 0 Å². The number of phosphoric acid groups is 3. The molecule has 292 valence electrons. The summed E-state index contributed by atoms with van der Waals surface area (Å²) >= 11 is 0. The molecule has 0 saturated carbocycles. The van der Waals surface area contributed by atoms with Gasteiger partial charge in [0, 0.05) is 7.11 Å². The molecule has 27 nitrogen and oxygen atoms in total. The molecule has 0 spiro atoms. The van der Waals surface area contributed by atoms with Gasteiger partial charge in [-0.3, -0.25) is 32.8 Å². The van der Waals surface area contributed by atoms with E-state index < -0.39 is 96.9 Å². The van der Waals surface area contributed by atoms with E-state index in [-0.39, 0.29) is 34.1 Å². The van der Waals surface area contributed by atoms with Crippen molar-refractivity contribution in [2.45, 2.75) is 56.0 Å². The highest BCUT2D eigenvalue weighted by Gasteiger charge is 2.50. The van der Waals surface area contributed by atoms with E-state index in [0.29, 0.717) is 0 Å². The Kier molecular flexibility index (Phi) is 10.7. The Morgan fingerprint density at radius 2 is 1.55 bits per heavy atom. The summed E-state index contributed by atoms with van der Waals surface area (Å²) in [7, 11) is -14.6. The van der Waals surface area contributed by atoms with Crippen molar-refractivity contribution in [3.05, 3.63) is 39.2 Å². The highest BCUT2D eigenvalue weighted by Crippen LogP contribution is 2.67. The minimum absolute atomic E-state index is 0.0197. The molecule has 2 fully saturated rings. The van der Waals surface area contributed by atoms with Crippen LogP contribution in [0.15, 0.2) is 22.2 Å². The van der Waals surface area contributed by atoms with Crippen molar-refractivity contribution < 1.29 is 80.1 Å². The number of aromatic amines is 2. The molecule has 6 rings (SSSR count). The number of nitrogens with one attached hydrogen (secondary N) is 2. The van der Waals surface area contributed by atoms with Crippen LogP contribution in [0.1, 0.15) is 18.3 Å². The number of rotatable bonds is 13. The number of hydrogen-bond acceptors (Lipinski definition) is 19. The SMILES string of the molecule is CO[C@H]1C(O)[C@@H](COP(=O)(O)OP(=O)(O)OP(=O)(O)OC[C@H]2O[C@@H]([n+]3cn(C)c4c(=O)[nH]c(N)nc43)[C@@H](O)C2O)O[C@H]1n1cnc2c(=O)[nH]c(C)nc21. The van der Waals surface area contributed by atoms with Gasteiger partial charge in [0.25, 0.3) is 17.1 Å². The molecule has 30 heteroatoms. The van der Waals surface area contributed by atoms with Crippen molar-refractivity contribution in [3.63, 3.8) is 0 Å². The molecule has 0 radical (unpaired) electrons. The summed E-state index contributed by atoms with van der Waals surface area (Å²) < 4.78 is 75.5. The average molecular weight is 816 g/mol. The number of nitrogens with two attached hydrogens (primary N) is 1. The number of anilines is 1. The number of methoxy groups -OCH3 is 1. The van der Waals surface area contributed by atoms with Gasteiger partial charge in [0.15, 0.2) is 23.7 Å². The highest BCUT2D eigenvalue weighted by atomic mass is 31.3. The highest BCUT2D eigenvalue weighted by molar-refractivity contribution is 7.66. The van der Waals surface area contributed by atoms with Gasteiger partial charge in [-0.2, -0.15) is 8.62 Å². The Hall–Kier alpha value is -3.33. The zero-order valence-electron chi connectivity index (χ0n) is 27.4. The number of aliphatic hydroxyl groups excluding tert-OH is 3. The number of H-pyrrole nitrogens is 2. The molecular formula is C23H33N9O18P3+. The van der Waals surface area contributed by atoms with Crippen molar-refractivity contribution in [2.24, 2.45) is 7.05 Å². The maximum Gasteiger partial charge on any atom is 0.490 e. The summed E-state index contributed by atoms with van der Waals surface area (Å²) in [6, 6.07) is 0. The first-order valence-electron chi connectivity index (χ1n) is 15.0. The number of imidazole rings is 2. The molecule has 5 unspecified atom stereocenters. The molecule has 0 aliphatic carbocycles. The van der Waals surface area contributed by atoms with Crippen LogP contribution >= 0.6 is 23.5 Å². The number of aliphatic hydroxyl groups is 3. The molecule has 2 aliphatic heterocycles. The van der Waals surface area contributed by atoms with Gasteiger partial charge in [0.1, 0.15) is 42.4 Å². The fourth-order valence-corrected chi connectivity index (χ4v) is 9.29. The average Bonchev–Trinajstić information content (AvgIpc) is 3.76. The minimum Gasteiger partial charge on any atom is -0.387 e. The molecule has 10 N–H and O–H groups in total. The predicted octanol–water partition coefficient (Wildman–Crippen LogP) is -3.17. The van der Waals surface area contributed by atoms with Crippen LogP contribution < -0.4 is 21.4 Å². The molecule has 11 atom stereocenters. The minimum atomic E-state index is -5.97. The lowest BCUT2D eigenvalue weighted by atomic mass is 10.1. The van der Waals surface area contributed by atoms with Crippen LogP contribution in [0.4, 0.5) is 5.95 Å². The van der Waals surface area contributed by atoms with Gasteiger partial charge in [-0.15, -0.1) is 0 Å². The number of ether oxygens (including phenoxy) is 3. The molecule has 0 amide bonds. The largest absolute Gasteiger partial charge is 0.490 e. The molecular weight excluding hydrogens is 783 g/mol. The third kappa shape index (κ3) is 7.92. The maximum absolute atomic E-state index is 12.6. The van der Waals surface area contributed by atoms with E-state index in [1.165, 1.54) is 42.9 Å². The predicted molar refractivity (Wildman–Crippen MR) is 169 cm³/mol. The second-order valence-electron chi connectivity index (χ2n) is 11.7. The van der Waals surface area contributed by atoms with Crippen LogP contribution in [0.25, 0.3) is 22.3 Å². The van der Waals surface area contributed by atoms with Gasteiger partial charge in [0.2, 0.25) is 11.7 Å². The van der Waals surface area contributed by atoms with Crippen molar-refractivity contribution in [2.75, 3.05) is 26.1 Å². The van der Waals surface area contributed by atoms with Crippen LogP contribution in [0, 0.1) is 6.92 Å².